The average Bonchev–Trinajstić information content (AvgIpc) is 2.72. The number of methoxy groups -OCH3 is 1. The van der Waals surface area contributed by atoms with Crippen molar-refractivity contribution in [2.45, 2.75) is 39.2 Å². The minimum Gasteiger partial charge on any atom is -0.469 e. The van der Waals surface area contributed by atoms with Gasteiger partial charge in [0.05, 0.1) is 26.7 Å². The first kappa shape index (κ1) is 27.8. The van der Waals surface area contributed by atoms with Crippen LogP contribution in [0.1, 0.15) is 33.1 Å². The maximum atomic E-state index is 12.3. The van der Waals surface area contributed by atoms with Crippen molar-refractivity contribution in [2.24, 2.45) is 11.1 Å². The summed E-state index contributed by atoms with van der Waals surface area (Å²) in [7, 11) is 1.25. The molecule has 0 radical (unpaired) electrons. The van der Waals surface area contributed by atoms with E-state index in [1.54, 1.807) is 13.8 Å². The SMILES string of the molecule is COC(=O)CCC(=O)SCCNC(=O)CCNC(=O)[C@H](OC(=O)CN)C(C)(C)CO. The van der Waals surface area contributed by atoms with Crippen molar-refractivity contribution in [1.29, 1.82) is 0 Å². The van der Waals surface area contributed by atoms with E-state index in [0.29, 0.717) is 5.75 Å². The standard InChI is InChI=1S/C18H31N3O8S/c1-18(2,11-22)16(29-14(25)10-19)17(27)21-7-6-12(23)20-8-9-30-15(26)5-4-13(24)28-3/h16,22H,4-11,19H2,1-3H3,(H,20,23)(H,21,27)/t16-/m0/s1. The largest absolute Gasteiger partial charge is 0.469 e. The summed E-state index contributed by atoms with van der Waals surface area (Å²) in [5.74, 6) is -1.88. The molecule has 0 aromatic heterocycles. The highest BCUT2D eigenvalue weighted by atomic mass is 32.2. The van der Waals surface area contributed by atoms with Crippen LogP contribution in [-0.4, -0.2) is 79.2 Å². The van der Waals surface area contributed by atoms with Gasteiger partial charge in [0.25, 0.3) is 5.91 Å². The summed E-state index contributed by atoms with van der Waals surface area (Å²) in [6, 6.07) is 0. The van der Waals surface area contributed by atoms with Crippen LogP contribution >= 0.6 is 11.8 Å². The maximum Gasteiger partial charge on any atom is 0.320 e. The highest BCUT2D eigenvalue weighted by molar-refractivity contribution is 8.13. The summed E-state index contributed by atoms with van der Waals surface area (Å²) >= 11 is 1.00. The second kappa shape index (κ2) is 14.7. The fraction of sp³-hybridized carbons (Fsp3) is 0.722. The highest BCUT2D eigenvalue weighted by Crippen LogP contribution is 2.23. The van der Waals surface area contributed by atoms with Crippen LogP contribution in [0.2, 0.25) is 0 Å². The number of carbonyl (C=O) groups excluding carboxylic acids is 5. The lowest BCUT2D eigenvalue weighted by Crippen LogP contribution is -2.49. The minimum atomic E-state index is -1.26. The fourth-order valence-corrected chi connectivity index (χ4v) is 2.72. The number of rotatable bonds is 14. The van der Waals surface area contributed by atoms with E-state index in [2.05, 4.69) is 15.4 Å². The lowest BCUT2D eigenvalue weighted by molar-refractivity contribution is -0.163. The number of amides is 2. The summed E-state index contributed by atoms with van der Waals surface area (Å²) in [6.07, 6.45) is -1.20. The van der Waals surface area contributed by atoms with E-state index in [4.69, 9.17) is 10.5 Å². The van der Waals surface area contributed by atoms with Crippen molar-refractivity contribution in [3.05, 3.63) is 0 Å². The molecule has 0 aromatic rings. The zero-order valence-electron chi connectivity index (χ0n) is 17.5. The van der Waals surface area contributed by atoms with E-state index in [9.17, 15) is 29.1 Å². The molecule has 0 saturated carbocycles. The molecule has 0 spiro atoms. The van der Waals surface area contributed by atoms with Gasteiger partial charge in [-0.2, -0.15) is 0 Å². The number of aliphatic hydroxyl groups is 1. The molecule has 1 atom stereocenters. The van der Waals surface area contributed by atoms with Crippen molar-refractivity contribution < 1.29 is 38.6 Å². The molecule has 0 aliphatic carbocycles. The van der Waals surface area contributed by atoms with Gasteiger partial charge < -0.3 is 30.9 Å². The van der Waals surface area contributed by atoms with E-state index >= 15 is 0 Å². The average molecular weight is 450 g/mol. The first-order valence-electron chi connectivity index (χ1n) is 9.34. The van der Waals surface area contributed by atoms with E-state index in [1.165, 1.54) is 7.11 Å². The van der Waals surface area contributed by atoms with Gasteiger partial charge in [-0.1, -0.05) is 25.6 Å². The Hall–Kier alpha value is -2.18. The summed E-state index contributed by atoms with van der Waals surface area (Å²) in [5.41, 5.74) is 4.16. The lowest BCUT2D eigenvalue weighted by Gasteiger charge is -2.30. The van der Waals surface area contributed by atoms with Crippen molar-refractivity contribution in [3.8, 4) is 0 Å². The number of nitrogens with one attached hydrogen (secondary N) is 2. The van der Waals surface area contributed by atoms with Gasteiger partial charge in [0.15, 0.2) is 11.2 Å². The molecule has 172 valence electrons. The Kier molecular flexibility index (Phi) is 13.7. The van der Waals surface area contributed by atoms with E-state index in [1.807, 2.05) is 0 Å². The maximum absolute atomic E-state index is 12.3. The molecule has 12 heteroatoms. The molecule has 0 fully saturated rings. The molecular weight excluding hydrogens is 418 g/mol. The monoisotopic (exact) mass is 449 g/mol. The highest BCUT2D eigenvalue weighted by Gasteiger charge is 2.37. The van der Waals surface area contributed by atoms with E-state index < -0.39 is 42.5 Å². The smallest absolute Gasteiger partial charge is 0.320 e. The number of aliphatic hydroxyl groups excluding tert-OH is 1. The van der Waals surface area contributed by atoms with E-state index in [0.717, 1.165) is 11.8 Å². The minimum absolute atomic E-state index is 0.00590. The second-order valence-corrected chi connectivity index (χ2v) is 8.06. The molecule has 0 aliphatic rings. The van der Waals surface area contributed by atoms with Crippen molar-refractivity contribution in [3.63, 3.8) is 0 Å². The third-order valence-corrected chi connectivity index (χ3v) is 4.81. The Morgan fingerprint density at radius 1 is 1.03 bits per heavy atom. The number of hydrogen-bond donors (Lipinski definition) is 4. The number of carbonyl (C=O) groups is 5. The van der Waals surface area contributed by atoms with Crippen LogP contribution in [0.4, 0.5) is 0 Å². The summed E-state index contributed by atoms with van der Waals surface area (Å²) in [5, 5.41) is 14.4. The molecular formula is C18H31N3O8S. The third-order valence-electron chi connectivity index (χ3n) is 3.87. The molecule has 11 nitrogen and oxygen atoms in total. The molecule has 0 saturated heterocycles. The van der Waals surface area contributed by atoms with Crippen LogP contribution in [-0.2, 0) is 33.4 Å². The number of nitrogens with two attached hydrogens (primary N) is 1. The molecule has 0 aromatic carbocycles. The van der Waals surface area contributed by atoms with Crippen LogP contribution in [0.3, 0.4) is 0 Å². The second-order valence-electron chi connectivity index (χ2n) is 6.91. The molecule has 0 unspecified atom stereocenters. The molecule has 0 rings (SSSR count). The van der Waals surface area contributed by atoms with E-state index in [-0.39, 0.29) is 43.4 Å². The molecule has 5 N–H and O–H groups in total. The van der Waals surface area contributed by atoms with Gasteiger partial charge in [0.2, 0.25) is 5.91 Å². The molecule has 30 heavy (non-hydrogen) atoms. The predicted octanol–water partition coefficient (Wildman–Crippen LogP) is -1.29. The number of hydrogen-bond acceptors (Lipinski definition) is 10. The Morgan fingerprint density at radius 3 is 2.27 bits per heavy atom. The summed E-state index contributed by atoms with van der Waals surface area (Å²) in [6.45, 7) is 2.54. The Bertz CT molecular complexity index is 612. The van der Waals surface area contributed by atoms with Crippen molar-refractivity contribution in [2.75, 3.05) is 39.1 Å². The van der Waals surface area contributed by atoms with Gasteiger partial charge in [-0.25, -0.2) is 0 Å². The Labute approximate surface area is 179 Å². The van der Waals surface area contributed by atoms with Crippen molar-refractivity contribution >= 4 is 40.6 Å². The zero-order valence-corrected chi connectivity index (χ0v) is 18.3. The topological polar surface area (TPSA) is 174 Å². The summed E-state index contributed by atoms with van der Waals surface area (Å²) in [4.78, 5) is 58.1. The normalized spacial score (nSPS) is 11.9. The molecule has 0 aliphatic heterocycles. The lowest BCUT2D eigenvalue weighted by atomic mass is 9.86. The molecule has 0 heterocycles. The fourth-order valence-electron chi connectivity index (χ4n) is 2.04. The van der Waals surface area contributed by atoms with Crippen LogP contribution in [0, 0.1) is 5.41 Å². The molecule has 2 amide bonds. The van der Waals surface area contributed by atoms with Gasteiger partial charge in [-0.3, -0.25) is 24.0 Å². The zero-order chi connectivity index (χ0) is 23.2. The van der Waals surface area contributed by atoms with Crippen LogP contribution in [0.5, 0.6) is 0 Å². The van der Waals surface area contributed by atoms with Gasteiger partial charge in [-0.15, -0.1) is 0 Å². The number of ether oxygens (including phenoxy) is 2. The number of thioether (sulfide) groups is 1. The van der Waals surface area contributed by atoms with Crippen molar-refractivity contribution in [1.82, 2.24) is 10.6 Å². The van der Waals surface area contributed by atoms with Crippen LogP contribution in [0.25, 0.3) is 0 Å². The Morgan fingerprint density at radius 2 is 1.70 bits per heavy atom. The Balaban J connectivity index is 4.20. The third kappa shape index (κ3) is 11.7. The van der Waals surface area contributed by atoms with Gasteiger partial charge in [0, 0.05) is 37.1 Å². The first-order valence-corrected chi connectivity index (χ1v) is 10.3. The van der Waals surface area contributed by atoms with Crippen LogP contribution in [0.15, 0.2) is 0 Å². The quantitative estimate of drug-likeness (QED) is 0.184. The predicted molar refractivity (Wildman–Crippen MR) is 109 cm³/mol. The van der Waals surface area contributed by atoms with Gasteiger partial charge in [0.1, 0.15) is 0 Å². The van der Waals surface area contributed by atoms with Gasteiger partial charge in [-0.05, 0) is 0 Å². The van der Waals surface area contributed by atoms with Gasteiger partial charge >= 0.3 is 11.9 Å². The summed E-state index contributed by atoms with van der Waals surface area (Å²) < 4.78 is 9.46. The first-order chi connectivity index (χ1) is 14.1. The number of esters is 2. The molecule has 0 bridgehead atoms. The van der Waals surface area contributed by atoms with Crippen LogP contribution < -0.4 is 16.4 Å².